The van der Waals surface area contributed by atoms with Gasteiger partial charge in [-0.1, -0.05) is 12.1 Å². The van der Waals surface area contributed by atoms with Crippen molar-refractivity contribution in [3.63, 3.8) is 0 Å². The number of hydrogen-bond donors (Lipinski definition) is 1. The van der Waals surface area contributed by atoms with E-state index < -0.39 is 0 Å². The van der Waals surface area contributed by atoms with Crippen LogP contribution < -0.4 is 10.5 Å². The highest BCUT2D eigenvalue weighted by Crippen LogP contribution is 2.16. The molecule has 1 rings (SSSR count). The van der Waals surface area contributed by atoms with E-state index >= 15 is 0 Å². The Bertz CT molecular complexity index is 300. The summed E-state index contributed by atoms with van der Waals surface area (Å²) in [6.45, 7) is 4.30. The molecule has 0 saturated heterocycles. The lowest BCUT2D eigenvalue weighted by Gasteiger charge is -2.13. The number of benzene rings is 1. The fraction of sp³-hybridized carbons (Fsp3) is 0.538. The maximum atomic E-state index is 5.99. The molecule has 0 aliphatic rings. The molecule has 2 N–H and O–H groups in total. The first-order valence-corrected chi connectivity index (χ1v) is 5.83. The first kappa shape index (κ1) is 14.0. The van der Waals surface area contributed by atoms with Gasteiger partial charge in [-0.3, -0.25) is 0 Å². The second-order valence-corrected chi connectivity index (χ2v) is 3.68. The summed E-state index contributed by atoms with van der Waals surface area (Å²) < 4.78 is 15.6. The highest BCUT2D eigenvalue weighted by Gasteiger charge is 2.06. The summed E-state index contributed by atoms with van der Waals surface area (Å²) in [4.78, 5) is 0. The number of methoxy groups -OCH3 is 1. The van der Waals surface area contributed by atoms with Gasteiger partial charge >= 0.3 is 0 Å². The molecule has 1 aromatic carbocycles. The standard InChI is InChI=1S/C13H21NO3/c1-3-17-12-6-4-11(5-7-12)13(14)10-16-9-8-15-2/h4-7,13H,3,8-10,14H2,1-2H3. The molecule has 17 heavy (non-hydrogen) atoms. The van der Waals surface area contributed by atoms with Crippen LogP contribution in [-0.2, 0) is 9.47 Å². The Morgan fingerprint density at radius 1 is 1.18 bits per heavy atom. The van der Waals surface area contributed by atoms with Gasteiger partial charge in [-0.2, -0.15) is 0 Å². The van der Waals surface area contributed by atoms with Crippen LogP contribution in [0.3, 0.4) is 0 Å². The summed E-state index contributed by atoms with van der Waals surface area (Å²) in [5.41, 5.74) is 7.04. The summed E-state index contributed by atoms with van der Waals surface area (Å²) in [5.74, 6) is 0.865. The SMILES string of the molecule is CCOc1ccc(C(N)COCCOC)cc1. The fourth-order valence-electron chi connectivity index (χ4n) is 1.43. The summed E-state index contributed by atoms with van der Waals surface area (Å²) in [6, 6.07) is 7.68. The lowest BCUT2D eigenvalue weighted by atomic mass is 10.1. The topological polar surface area (TPSA) is 53.7 Å². The lowest BCUT2D eigenvalue weighted by Crippen LogP contribution is -2.18. The first-order chi connectivity index (χ1) is 8.27. The second kappa shape index (κ2) is 8.06. The number of hydrogen-bond acceptors (Lipinski definition) is 4. The van der Waals surface area contributed by atoms with E-state index in [9.17, 15) is 0 Å². The zero-order valence-electron chi connectivity index (χ0n) is 10.5. The Morgan fingerprint density at radius 3 is 2.47 bits per heavy atom. The Balaban J connectivity index is 2.37. The molecule has 4 nitrogen and oxygen atoms in total. The van der Waals surface area contributed by atoms with Crippen molar-refractivity contribution in [2.24, 2.45) is 5.73 Å². The molecule has 0 spiro atoms. The van der Waals surface area contributed by atoms with E-state index in [1.54, 1.807) is 7.11 Å². The molecule has 0 aliphatic heterocycles. The molecule has 0 amide bonds. The normalized spacial score (nSPS) is 12.4. The minimum atomic E-state index is -0.109. The van der Waals surface area contributed by atoms with E-state index in [-0.39, 0.29) is 6.04 Å². The summed E-state index contributed by atoms with van der Waals surface area (Å²) in [6.07, 6.45) is 0. The Hall–Kier alpha value is -1.10. The van der Waals surface area contributed by atoms with Crippen LogP contribution in [0.25, 0.3) is 0 Å². The van der Waals surface area contributed by atoms with Crippen LogP contribution in [0.5, 0.6) is 5.75 Å². The molecule has 96 valence electrons. The monoisotopic (exact) mass is 239 g/mol. The fourth-order valence-corrected chi connectivity index (χ4v) is 1.43. The molecule has 0 radical (unpaired) electrons. The van der Waals surface area contributed by atoms with Gasteiger partial charge in [0.05, 0.1) is 32.5 Å². The van der Waals surface area contributed by atoms with Gasteiger partial charge in [0.1, 0.15) is 5.75 Å². The van der Waals surface area contributed by atoms with Gasteiger partial charge in [0.2, 0.25) is 0 Å². The molecule has 0 saturated carbocycles. The first-order valence-electron chi connectivity index (χ1n) is 5.83. The molecule has 0 fully saturated rings. The van der Waals surface area contributed by atoms with E-state index in [0.717, 1.165) is 11.3 Å². The third-order valence-corrected chi connectivity index (χ3v) is 2.35. The van der Waals surface area contributed by atoms with E-state index in [0.29, 0.717) is 26.4 Å². The van der Waals surface area contributed by atoms with Crippen molar-refractivity contribution in [1.29, 1.82) is 0 Å². The van der Waals surface area contributed by atoms with Crippen molar-refractivity contribution in [3.8, 4) is 5.75 Å². The predicted octanol–water partition coefficient (Wildman–Crippen LogP) is 1.75. The van der Waals surface area contributed by atoms with E-state index in [2.05, 4.69) is 0 Å². The molecule has 0 aromatic heterocycles. The van der Waals surface area contributed by atoms with Gasteiger partial charge in [0.25, 0.3) is 0 Å². The summed E-state index contributed by atoms with van der Waals surface area (Å²) in [7, 11) is 1.65. The molecule has 0 bridgehead atoms. The molecule has 0 heterocycles. The van der Waals surface area contributed by atoms with Crippen LogP contribution in [0.15, 0.2) is 24.3 Å². The third kappa shape index (κ3) is 5.17. The van der Waals surface area contributed by atoms with Crippen molar-refractivity contribution in [3.05, 3.63) is 29.8 Å². The van der Waals surface area contributed by atoms with E-state index in [1.807, 2.05) is 31.2 Å². The Kier molecular flexibility index (Phi) is 6.62. The molecular formula is C13H21NO3. The molecule has 1 unspecified atom stereocenters. The van der Waals surface area contributed by atoms with Crippen molar-refractivity contribution in [2.75, 3.05) is 33.5 Å². The molecule has 1 aromatic rings. The van der Waals surface area contributed by atoms with Gasteiger partial charge in [0, 0.05) is 7.11 Å². The van der Waals surface area contributed by atoms with Crippen LogP contribution in [0.1, 0.15) is 18.5 Å². The number of nitrogens with two attached hydrogens (primary N) is 1. The van der Waals surface area contributed by atoms with Crippen molar-refractivity contribution < 1.29 is 14.2 Å². The van der Waals surface area contributed by atoms with Crippen molar-refractivity contribution in [2.45, 2.75) is 13.0 Å². The number of rotatable bonds is 8. The average Bonchev–Trinajstić information content (AvgIpc) is 2.36. The highest BCUT2D eigenvalue weighted by atomic mass is 16.5. The van der Waals surface area contributed by atoms with Gasteiger partial charge in [-0.15, -0.1) is 0 Å². The molecular weight excluding hydrogens is 218 g/mol. The van der Waals surface area contributed by atoms with Crippen molar-refractivity contribution in [1.82, 2.24) is 0 Å². The predicted molar refractivity (Wildman–Crippen MR) is 67.2 cm³/mol. The second-order valence-electron chi connectivity index (χ2n) is 3.68. The van der Waals surface area contributed by atoms with Gasteiger partial charge in [0.15, 0.2) is 0 Å². The maximum Gasteiger partial charge on any atom is 0.119 e. The minimum absolute atomic E-state index is 0.109. The van der Waals surface area contributed by atoms with Gasteiger partial charge in [-0.05, 0) is 24.6 Å². The molecule has 4 heteroatoms. The Labute approximate surface area is 103 Å². The smallest absolute Gasteiger partial charge is 0.119 e. The lowest BCUT2D eigenvalue weighted by molar-refractivity contribution is 0.0636. The van der Waals surface area contributed by atoms with Crippen LogP contribution in [0.4, 0.5) is 0 Å². The zero-order chi connectivity index (χ0) is 12.5. The van der Waals surface area contributed by atoms with Crippen molar-refractivity contribution >= 4 is 0 Å². The summed E-state index contributed by atoms with van der Waals surface area (Å²) in [5, 5.41) is 0. The molecule has 1 atom stereocenters. The minimum Gasteiger partial charge on any atom is -0.494 e. The maximum absolute atomic E-state index is 5.99. The van der Waals surface area contributed by atoms with E-state index in [4.69, 9.17) is 19.9 Å². The van der Waals surface area contributed by atoms with Crippen LogP contribution in [0.2, 0.25) is 0 Å². The van der Waals surface area contributed by atoms with Crippen LogP contribution >= 0.6 is 0 Å². The van der Waals surface area contributed by atoms with Gasteiger partial charge < -0.3 is 19.9 Å². The quantitative estimate of drug-likeness (QED) is 0.702. The average molecular weight is 239 g/mol. The van der Waals surface area contributed by atoms with Crippen LogP contribution in [-0.4, -0.2) is 33.5 Å². The van der Waals surface area contributed by atoms with Crippen LogP contribution in [0, 0.1) is 0 Å². The van der Waals surface area contributed by atoms with E-state index in [1.165, 1.54) is 0 Å². The third-order valence-electron chi connectivity index (χ3n) is 2.35. The highest BCUT2D eigenvalue weighted by molar-refractivity contribution is 5.29. The largest absolute Gasteiger partial charge is 0.494 e. The number of ether oxygens (including phenoxy) is 3. The Morgan fingerprint density at radius 2 is 1.88 bits per heavy atom. The molecule has 0 aliphatic carbocycles. The zero-order valence-corrected chi connectivity index (χ0v) is 10.5. The summed E-state index contributed by atoms with van der Waals surface area (Å²) >= 11 is 0. The van der Waals surface area contributed by atoms with Gasteiger partial charge in [-0.25, -0.2) is 0 Å².